The van der Waals surface area contributed by atoms with Gasteiger partial charge in [-0.15, -0.1) is 22.9 Å². The van der Waals surface area contributed by atoms with Crippen LogP contribution in [0.4, 0.5) is 0 Å². The van der Waals surface area contributed by atoms with Gasteiger partial charge >= 0.3 is 0 Å². The van der Waals surface area contributed by atoms with Crippen LogP contribution in [0.3, 0.4) is 0 Å². The van der Waals surface area contributed by atoms with Crippen LogP contribution < -0.4 is 4.72 Å². The molecule has 0 aliphatic carbocycles. The zero-order chi connectivity index (χ0) is 11.5. The highest BCUT2D eigenvalue weighted by atomic mass is 35.5. The van der Waals surface area contributed by atoms with Crippen molar-refractivity contribution in [3.05, 3.63) is 16.5 Å². The first-order valence-corrected chi connectivity index (χ1v) is 7.46. The first-order valence-electron chi connectivity index (χ1n) is 4.34. The molecule has 0 aromatic carbocycles. The molecule has 1 aromatic rings. The van der Waals surface area contributed by atoms with E-state index >= 15 is 0 Å². The molecule has 0 bridgehead atoms. The van der Waals surface area contributed by atoms with Crippen molar-refractivity contribution in [3.8, 4) is 0 Å². The molecule has 1 unspecified atom stereocenters. The largest absolute Gasteiger partial charge is 0.250 e. The topological polar surface area (TPSA) is 46.2 Å². The summed E-state index contributed by atoms with van der Waals surface area (Å²) in [6.07, 6.45) is 0.718. The van der Waals surface area contributed by atoms with Gasteiger partial charge in [0, 0.05) is 11.9 Å². The highest BCUT2D eigenvalue weighted by Crippen LogP contribution is 2.25. The van der Waals surface area contributed by atoms with Gasteiger partial charge in [0.25, 0.3) is 0 Å². The van der Waals surface area contributed by atoms with Gasteiger partial charge in [-0.3, -0.25) is 0 Å². The Labute approximate surface area is 103 Å². The Morgan fingerprint density at radius 1 is 1.53 bits per heavy atom. The second-order valence-corrected chi connectivity index (χ2v) is 7.24. The average Bonchev–Trinajstić information content (AvgIpc) is 2.62. The molecule has 0 saturated carbocycles. The molecule has 0 fully saturated rings. The maximum absolute atomic E-state index is 11.6. The van der Waals surface area contributed by atoms with Crippen LogP contribution in [0.25, 0.3) is 0 Å². The number of sulfonamides is 1. The SMILES string of the molecule is CCC(Cl)CNS(=O)(=O)c1ccc(Cl)s1. The summed E-state index contributed by atoms with van der Waals surface area (Å²) in [6.45, 7) is 2.13. The summed E-state index contributed by atoms with van der Waals surface area (Å²) in [6, 6.07) is 3.03. The molecule has 0 aliphatic heterocycles. The summed E-state index contributed by atoms with van der Waals surface area (Å²) < 4.78 is 26.4. The van der Waals surface area contributed by atoms with E-state index in [1.807, 2.05) is 6.92 Å². The molecule has 0 radical (unpaired) electrons. The first-order chi connectivity index (χ1) is 6.95. The Morgan fingerprint density at radius 3 is 2.67 bits per heavy atom. The van der Waals surface area contributed by atoms with Crippen LogP contribution in [0.2, 0.25) is 4.34 Å². The predicted octanol–water partition coefficient (Wildman–Crippen LogP) is 2.70. The Hall–Kier alpha value is 0.190. The van der Waals surface area contributed by atoms with Crippen molar-refractivity contribution in [3.63, 3.8) is 0 Å². The molecule has 1 N–H and O–H groups in total. The lowest BCUT2D eigenvalue weighted by Crippen LogP contribution is -2.29. The van der Waals surface area contributed by atoms with Gasteiger partial charge in [-0.2, -0.15) is 0 Å². The quantitative estimate of drug-likeness (QED) is 0.847. The Bertz CT molecular complexity index is 416. The standard InChI is InChI=1S/C8H11Cl2NO2S2/c1-2-6(9)5-11-15(12,13)8-4-3-7(10)14-8/h3-4,6,11H,2,5H2,1H3. The van der Waals surface area contributed by atoms with Gasteiger partial charge in [0.2, 0.25) is 10.0 Å². The predicted molar refractivity (Wildman–Crippen MR) is 64.4 cm³/mol. The third-order valence-electron chi connectivity index (χ3n) is 1.75. The molecule has 1 heterocycles. The van der Waals surface area contributed by atoms with Crippen LogP contribution in [0.5, 0.6) is 0 Å². The molecule has 0 spiro atoms. The molecule has 0 amide bonds. The molecule has 1 atom stereocenters. The molecule has 86 valence electrons. The second kappa shape index (κ2) is 5.50. The zero-order valence-electron chi connectivity index (χ0n) is 8.04. The summed E-state index contributed by atoms with van der Waals surface area (Å²) in [5.41, 5.74) is 0. The minimum Gasteiger partial charge on any atom is -0.209 e. The number of rotatable bonds is 5. The van der Waals surface area contributed by atoms with Crippen LogP contribution in [0.1, 0.15) is 13.3 Å². The van der Waals surface area contributed by atoms with Gasteiger partial charge in [-0.25, -0.2) is 13.1 Å². The highest BCUT2D eigenvalue weighted by molar-refractivity contribution is 7.91. The fourth-order valence-electron chi connectivity index (χ4n) is 0.858. The lowest BCUT2D eigenvalue weighted by molar-refractivity contribution is 0.581. The summed E-state index contributed by atoms with van der Waals surface area (Å²) in [5.74, 6) is 0. The van der Waals surface area contributed by atoms with Gasteiger partial charge in [-0.05, 0) is 18.6 Å². The summed E-state index contributed by atoms with van der Waals surface area (Å²) >= 11 is 12.5. The first kappa shape index (κ1) is 13.3. The number of halogens is 2. The number of nitrogens with one attached hydrogen (secondary N) is 1. The molecule has 7 heteroatoms. The lowest BCUT2D eigenvalue weighted by Gasteiger charge is -2.07. The van der Waals surface area contributed by atoms with Crippen molar-refractivity contribution in [1.29, 1.82) is 0 Å². The van der Waals surface area contributed by atoms with E-state index < -0.39 is 10.0 Å². The summed E-state index contributed by atoms with van der Waals surface area (Å²) in [5, 5.41) is -0.185. The molecule has 1 aromatic heterocycles. The maximum Gasteiger partial charge on any atom is 0.250 e. The fourth-order valence-corrected chi connectivity index (χ4v) is 3.64. The van der Waals surface area contributed by atoms with E-state index in [0.29, 0.717) is 4.34 Å². The molecule has 0 aliphatic rings. The molecular formula is C8H11Cl2NO2S2. The Morgan fingerprint density at radius 2 is 2.20 bits per heavy atom. The van der Waals surface area contributed by atoms with Crippen LogP contribution in [0.15, 0.2) is 16.3 Å². The Kier molecular flexibility index (Phi) is 4.86. The molecule has 1 rings (SSSR count). The van der Waals surface area contributed by atoms with Crippen molar-refractivity contribution in [1.82, 2.24) is 4.72 Å². The Balaban J connectivity index is 2.68. The third-order valence-corrected chi connectivity index (χ3v) is 5.36. The minimum atomic E-state index is -3.44. The van der Waals surface area contributed by atoms with Crippen molar-refractivity contribution in [2.75, 3.05) is 6.54 Å². The van der Waals surface area contributed by atoms with Crippen molar-refractivity contribution < 1.29 is 8.42 Å². The summed E-state index contributed by atoms with van der Waals surface area (Å²) in [7, 11) is -3.44. The molecule has 0 saturated heterocycles. The van der Waals surface area contributed by atoms with E-state index in [0.717, 1.165) is 17.8 Å². The van der Waals surface area contributed by atoms with Crippen LogP contribution in [-0.2, 0) is 10.0 Å². The van der Waals surface area contributed by atoms with E-state index in [9.17, 15) is 8.42 Å². The second-order valence-electron chi connectivity index (χ2n) is 2.92. The molecule has 3 nitrogen and oxygen atoms in total. The van der Waals surface area contributed by atoms with Crippen LogP contribution >= 0.6 is 34.5 Å². The normalized spacial score (nSPS) is 14.1. The van der Waals surface area contributed by atoms with Crippen molar-refractivity contribution in [2.24, 2.45) is 0 Å². The van der Waals surface area contributed by atoms with E-state index in [1.165, 1.54) is 6.07 Å². The molecular weight excluding hydrogens is 277 g/mol. The maximum atomic E-state index is 11.6. The monoisotopic (exact) mass is 287 g/mol. The summed E-state index contributed by atoms with van der Waals surface area (Å²) in [4.78, 5) is 0. The number of alkyl halides is 1. The van der Waals surface area contributed by atoms with Crippen LogP contribution in [0, 0.1) is 0 Å². The van der Waals surface area contributed by atoms with E-state index in [-0.39, 0.29) is 16.1 Å². The van der Waals surface area contributed by atoms with E-state index in [4.69, 9.17) is 23.2 Å². The van der Waals surface area contributed by atoms with Gasteiger partial charge in [0.15, 0.2) is 0 Å². The van der Waals surface area contributed by atoms with Gasteiger partial charge < -0.3 is 0 Å². The number of hydrogen-bond acceptors (Lipinski definition) is 3. The van der Waals surface area contributed by atoms with Crippen molar-refractivity contribution in [2.45, 2.75) is 22.9 Å². The van der Waals surface area contributed by atoms with Gasteiger partial charge in [0.05, 0.1) is 4.34 Å². The lowest BCUT2D eigenvalue weighted by atomic mass is 10.3. The average molecular weight is 288 g/mol. The van der Waals surface area contributed by atoms with E-state index in [2.05, 4.69) is 4.72 Å². The number of thiophene rings is 1. The zero-order valence-corrected chi connectivity index (χ0v) is 11.2. The third kappa shape index (κ3) is 3.92. The van der Waals surface area contributed by atoms with Crippen LogP contribution in [-0.4, -0.2) is 20.3 Å². The molecule has 15 heavy (non-hydrogen) atoms. The van der Waals surface area contributed by atoms with Gasteiger partial charge in [-0.1, -0.05) is 18.5 Å². The van der Waals surface area contributed by atoms with Gasteiger partial charge in [0.1, 0.15) is 4.21 Å². The van der Waals surface area contributed by atoms with Crippen molar-refractivity contribution >= 4 is 44.6 Å². The number of hydrogen-bond donors (Lipinski definition) is 1. The minimum absolute atomic E-state index is 0.185. The smallest absolute Gasteiger partial charge is 0.209 e. The fraction of sp³-hybridized carbons (Fsp3) is 0.500. The van der Waals surface area contributed by atoms with E-state index in [1.54, 1.807) is 6.07 Å². The highest BCUT2D eigenvalue weighted by Gasteiger charge is 2.17.